The number of carbonyl (C=O) groups excluding carboxylic acids is 2. The lowest BCUT2D eigenvalue weighted by Gasteiger charge is -2.29. The molecule has 2 aliphatic carbocycles. The van der Waals surface area contributed by atoms with Gasteiger partial charge in [-0.15, -0.1) is 0 Å². The summed E-state index contributed by atoms with van der Waals surface area (Å²) in [6.07, 6.45) is 3.92. The number of amides is 1. The van der Waals surface area contributed by atoms with Gasteiger partial charge in [0.2, 0.25) is 0 Å². The molecule has 0 heterocycles. The maximum Gasteiger partial charge on any atom is 0.407 e. The molecule has 0 aliphatic heterocycles. The van der Waals surface area contributed by atoms with Gasteiger partial charge in [0, 0.05) is 12.0 Å². The summed E-state index contributed by atoms with van der Waals surface area (Å²) in [6, 6.07) is -0.0129. The van der Waals surface area contributed by atoms with Gasteiger partial charge >= 0.3 is 6.09 Å². The molecule has 17 heavy (non-hydrogen) atoms. The molecule has 4 nitrogen and oxygen atoms in total. The Hall–Kier alpha value is -1.06. The van der Waals surface area contributed by atoms with Crippen LogP contribution in [-0.4, -0.2) is 24.0 Å². The van der Waals surface area contributed by atoms with Gasteiger partial charge in [0.05, 0.1) is 0 Å². The zero-order chi connectivity index (χ0) is 12.6. The van der Waals surface area contributed by atoms with Crippen LogP contribution in [0, 0.1) is 17.8 Å². The van der Waals surface area contributed by atoms with Crippen molar-refractivity contribution >= 4 is 12.4 Å². The van der Waals surface area contributed by atoms with Crippen LogP contribution in [-0.2, 0) is 9.53 Å². The molecule has 0 aromatic rings. The highest BCUT2D eigenvalue weighted by Gasteiger charge is 2.48. The maximum atomic E-state index is 11.7. The molecule has 0 unspecified atom stereocenters. The van der Waals surface area contributed by atoms with Gasteiger partial charge in [-0.25, -0.2) is 4.79 Å². The van der Waals surface area contributed by atoms with Crippen LogP contribution in [0.2, 0.25) is 0 Å². The molecule has 4 atom stereocenters. The standard InChI is InChI=1S/C13H21NO3/c1-13(2,3)17-12(16)14-11-9-5-4-8(6-9)10(11)7-15/h7-11H,4-6H2,1-3H3,(H,14,16)/t8-,9+,10+,11-/m0/s1. The Morgan fingerprint density at radius 3 is 2.53 bits per heavy atom. The van der Waals surface area contributed by atoms with Crippen molar-refractivity contribution in [3.63, 3.8) is 0 Å². The van der Waals surface area contributed by atoms with E-state index in [0.29, 0.717) is 11.8 Å². The first kappa shape index (κ1) is 12.4. The normalized spacial score (nSPS) is 35.7. The molecule has 4 heteroatoms. The van der Waals surface area contributed by atoms with E-state index in [-0.39, 0.29) is 12.0 Å². The number of nitrogens with one attached hydrogen (secondary N) is 1. The highest BCUT2D eigenvalue weighted by atomic mass is 16.6. The van der Waals surface area contributed by atoms with E-state index in [1.54, 1.807) is 0 Å². The average molecular weight is 239 g/mol. The van der Waals surface area contributed by atoms with E-state index >= 15 is 0 Å². The Morgan fingerprint density at radius 2 is 1.94 bits per heavy atom. The van der Waals surface area contributed by atoms with Crippen LogP contribution in [0.25, 0.3) is 0 Å². The van der Waals surface area contributed by atoms with E-state index in [0.717, 1.165) is 25.5 Å². The third-order valence-electron chi connectivity index (χ3n) is 3.82. The topological polar surface area (TPSA) is 55.4 Å². The molecule has 2 saturated carbocycles. The van der Waals surface area contributed by atoms with Crippen molar-refractivity contribution < 1.29 is 14.3 Å². The van der Waals surface area contributed by atoms with Gasteiger partial charge in [-0.1, -0.05) is 0 Å². The van der Waals surface area contributed by atoms with Gasteiger partial charge in [0.25, 0.3) is 0 Å². The molecule has 0 radical (unpaired) electrons. The van der Waals surface area contributed by atoms with Crippen molar-refractivity contribution in [1.82, 2.24) is 5.32 Å². The number of ether oxygens (including phenoxy) is 1. The molecule has 0 saturated heterocycles. The Kier molecular flexibility index (Phi) is 3.15. The zero-order valence-corrected chi connectivity index (χ0v) is 10.7. The van der Waals surface area contributed by atoms with Crippen LogP contribution in [0.1, 0.15) is 40.0 Å². The predicted molar refractivity (Wildman–Crippen MR) is 63.5 cm³/mol. The molecule has 0 aromatic heterocycles. The summed E-state index contributed by atoms with van der Waals surface area (Å²) in [7, 11) is 0. The summed E-state index contributed by atoms with van der Waals surface area (Å²) in [6.45, 7) is 5.51. The van der Waals surface area contributed by atoms with Gasteiger partial charge in [-0.3, -0.25) is 0 Å². The molecular weight excluding hydrogens is 218 g/mol. The second-order valence-corrected chi connectivity index (χ2v) is 6.22. The number of alkyl carbamates (subject to hydrolysis) is 1. The monoisotopic (exact) mass is 239 g/mol. The molecule has 0 aromatic carbocycles. The second kappa shape index (κ2) is 4.31. The summed E-state index contributed by atoms with van der Waals surface area (Å²) >= 11 is 0. The van der Waals surface area contributed by atoms with Gasteiger partial charge in [0.1, 0.15) is 11.9 Å². The number of rotatable bonds is 2. The van der Waals surface area contributed by atoms with Gasteiger partial charge < -0.3 is 14.8 Å². The van der Waals surface area contributed by atoms with Crippen LogP contribution in [0.3, 0.4) is 0 Å². The molecule has 1 amide bonds. The van der Waals surface area contributed by atoms with Crippen molar-refractivity contribution in [3.05, 3.63) is 0 Å². The van der Waals surface area contributed by atoms with Crippen LogP contribution in [0.4, 0.5) is 4.79 Å². The minimum absolute atomic E-state index is 0.0127. The van der Waals surface area contributed by atoms with Crippen molar-refractivity contribution in [3.8, 4) is 0 Å². The van der Waals surface area contributed by atoms with E-state index in [1.165, 1.54) is 0 Å². The van der Waals surface area contributed by atoms with Gasteiger partial charge in [-0.05, 0) is 51.9 Å². The minimum atomic E-state index is -0.488. The number of aldehydes is 1. The van der Waals surface area contributed by atoms with Gasteiger partial charge in [0.15, 0.2) is 0 Å². The SMILES string of the molecule is CC(C)(C)OC(=O)N[C@H]1[C@@H]2CC[C@@H](C2)[C@H]1C=O. The lowest BCUT2D eigenvalue weighted by molar-refractivity contribution is -0.113. The molecular formula is C13H21NO3. The summed E-state index contributed by atoms with van der Waals surface area (Å²) in [4.78, 5) is 22.8. The quantitative estimate of drug-likeness (QED) is 0.751. The average Bonchev–Trinajstić information content (AvgIpc) is 2.74. The summed E-state index contributed by atoms with van der Waals surface area (Å²) in [5.41, 5.74) is -0.488. The van der Waals surface area contributed by atoms with Crippen LogP contribution < -0.4 is 5.32 Å². The van der Waals surface area contributed by atoms with E-state index in [9.17, 15) is 9.59 Å². The highest BCUT2D eigenvalue weighted by molar-refractivity contribution is 5.69. The summed E-state index contributed by atoms with van der Waals surface area (Å²) in [5.74, 6) is 0.918. The van der Waals surface area contributed by atoms with Gasteiger partial charge in [-0.2, -0.15) is 0 Å². The minimum Gasteiger partial charge on any atom is -0.444 e. The highest BCUT2D eigenvalue weighted by Crippen LogP contribution is 2.47. The largest absolute Gasteiger partial charge is 0.444 e. The van der Waals surface area contributed by atoms with E-state index < -0.39 is 11.7 Å². The van der Waals surface area contributed by atoms with Crippen LogP contribution >= 0.6 is 0 Å². The number of hydrogen-bond donors (Lipinski definition) is 1. The molecule has 2 rings (SSSR count). The van der Waals surface area contributed by atoms with Crippen LogP contribution in [0.15, 0.2) is 0 Å². The van der Waals surface area contributed by atoms with Crippen molar-refractivity contribution in [2.45, 2.75) is 51.7 Å². The molecule has 2 aliphatic rings. The fourth-order valence-electron chi connectivity index (χ4n) is 3.19. The van der Waals surface area contributed by atoms with Crippen molar-refractivity contribution in [2.75, 3.05) is 0 Å². The smallest absolute Gasteiger partial charge is 0.407 e. The first-order valence-electron chi connectivity index (χ1n) is 6.35. The molecule has 96 valence electrons. The lowest BCUT2D eigenvalue weighted by Crippen LogP contribution is -2.46. The number of hydrogen-bond acceptors (Lipinski definition) is 3. The lowest BCUT2D eigenvalue weighted by atomic mass is 9.85. The molecule has 2 fully saturated rings. The summed E-state index contributed by atoms with van der Waals surface area (Å²) in [5, 5.41) is 2.88. The second-order valence-electron chi connectivity index (χ2n) is 6.22. The predicted octanol–water partition coefficient (Wildman–Crippen LogP) is 2.12. The van der Waals surface area contributed by atoms with E-state index in [1.807, 2.05) is 20.8 Å². The Labute approximate surface area is 102 Å². The Balaban J connectivity index is 1.94. The van der Waals surface area contributed by atoms with Crippen molar-refractivity contribution in [1.29, 1.82) is 0 Å². The van der Waals surface area contributed by atoms with E-state index in [4.69, 9.17) is 4.74 Å². The van der Waals surface area contributed by atoms with Crippen molar-refractivity contribution in [2.24, 2.45) is 17.8 Å². The Morgan fingerprint density at radius 1 is 1.29 bits per heavy atom. The van der Waals surface area contributed by atoms with E-state index in [2.05, 4.69) is 5.32 Å². The molecule has 2 bridgehead atoms. The fraction of sp³-hybridized carbons (Fsp3) is 0.846. The number of fused-ring (bicyclic) bond motifs is 2. The molecule has 1 N–H and O–H groups in total. The third kappa shape index (κ3) is 2.61. The summed E-state index contributed by atoms with van der Waals surface area (Å²) < 4.78 is 5.23. The Bertz CT molecular complexity index is 321. The maximum absolute atomic E-state index is 11.7. The van der Waals surface area contributed by atoms with Crippen LogP contribution in [0.5, 0.6) is 0 Å². The fourth-order valence-corrected chi connectivity index (χ4v) is 3.19. The third-order valence-corrected chi connectivity index (χ3v) is 3.82. The number of carbonyl (C=O) groups is 2. The first-order chi connectivity index (χ1) is 7.90. The zero-order valence-electron chi connectivity index (χ0n) is 10.7. The molecule has 0 spiro atoms. The first-order valence-corrected chi connectivity index (χ1v) is 6.35.